The number of carbonyl (C=O) groups is 2. The molecular weight excluding hydrogens is 354 g/mol. The molecule has 0 unspecified atom stereocenters. The number of primary amides is 1. The molecule has 0 aliphatic carbocycles. The van der Waals surface area contributed by atoms with Gasteiger partial charge in [0.1, 0.15) is 5.75 Å². The second-order valence-electron chi connectivity index (χ2n) is 7.10. The first-order valence-electron chi connectivity index (χ1n) is 9.81. The van der Waals surface area contributed by atoms with Gasteiger partial charge in [0, 0.05) is 24.3 Å². The minimum atomic E-state index is -0.357. The molecule has 1 aliphatic heterocycles. The molecule has 1 atom stereocenters. The molecule has 0 spiro atoms. The number of ether oxygens (including phenoxy) is 1. The zero-order valence-electron chi connectivity index (χ0n) is 16.2. The van der Waals surface area contributed by atoms with Gasteiger partial charge in [-0.15, -0.1) is 0 Å². The Morgan fingerprint density at radius 1 is 1.11 bits per heavy atom. The lowest BCUT2D eigenvalue weighted by molar-refractivity contribution is -0.927. The van der Waals surface area contributed by atoms with Gasteiger partial charge in [0.25, 0.3) is 5.91 Å². The highest BCUT2D eigenvalue weighted by atomic mass is 16.5. The summed E-state index contributed by atoms with van der Waals surface area (Å²) in [6.07, 6.45) is 1.41. The summed E-state index contributed by atoms with van der Waals surface area (Å²) >= 11 is 0. The molecule has 0 radical (unpaired) electrons. The highest BCUT2D eigenvalue weighted by Gasteiger charge is 2.36. The fraction of sp³-hybridized carbons (Fsp3) is 0.364. The van der Waals surface area contributed by atoms with Crippen molar-refractivity contribution < 1.29 is 19.2 Å². The normalized spacial score (nSPS) is 20.2. The first-order valence-corrected chi connectivity index (χ1v) is 9.81. The van der Waals surface area contributed by atoms with Crippen molar-refractivity contribution >= 4 is 17.5 Å². The van der Waals surface area contributed by atoms with E-state index in [9.17, 15) is 9.59 Å². The molecule has 1 fully saturated rings. The summed E-state index contributed by atoms with van der Waals surface area (Å²) in [4.78, 5) is 25.9. The lowest BCUT2D eigenvalue weighted by Gasteiger charge is -2.33. The quantitative estimate of drug-likeness (QED) is 0.679. The molecule has 2 aromatic carbocycles. The van der Waals surface area contributed by atoms with Crippen LogP contribution in [0.1, 0.15) is 31.4 Å². The topological polar surface area (TPSA) is 85.9 Å². The molecule has 4 N–H and O–H groups in total. The van der Waals surface area contributed by atoms with E-state index in [0.717, 1.165) is 23.6 Å². The second-order valence-corrected chi connectivity index (χ2v) is 7.10. The van der Waals surface area contributed by atoms with E-state index in [1.165, 1.54) is 0 Å². The Hall–Kier alpha value is -2.86. The van der Waals surface area contributed by atoms with Gasteiger partial charge in [-0.2, -0.15) is 0 Å². The third-order valence-electron chi connectivity index (χ3n) is 5.28. The SMILES string of the molecule is CCOc1ccccc1NC(=O)[C@@H](c1ccccc1)[NH+]1CCC(C(N)=O)CC1. The molecule has 1 aliphatic rings. The lowest BCUT2D eigenvalue weighted by Crippen LogP contribution is -3.14. The monoisotopic (exact) mass is 382 g/mol. The minimum absolute atomic E-state index is 0.0779. The molecular formula is C22H28N3O3+. The van der Waals surface area contributed by atoms with E-state index in [-0.39, 0.29) is 23.8 Å². The third kappa shape index (κ3) is 4.70. The van der Waals surface area contributed by atoms with Crippen LogP contribution in [0.3, 0.4) is 0 Å². The van der Waals surface area contributed by atoms with Crippen LogP contribution in [0.15, 0.2) is 54.6 Å². The number of carbonyl (C=O) groups excluding carboxylic acids is 2. The summed E-state index contributed by atoms with van der Waals surface area (Å²) in [5.74, 6) is 0.241. The number of hydrogen-bond acceptors (Lipinski definition) is 3. The van der Waals surface area contributed by atoms with Crippen LogP contribution in [0.2, 0.25) is 0 Å². The summed E-state index contributed by atoms with van der Waals surface area (Å²) in [6, 6.07) is 16.9. The van der Waals surface area contributed by atoms with Gasteiger partial charge in [-0.3, -0.25) is 9.59 Å². The Balaban J connectivity index is 1.82. The number of nitrogens with one attached hydrogen (secondary N) is 2. The molecule has 0 aromatic heterocycles. The molecule has 0 bridgehead atoms. The van der Waals surface area contributed by atoms with E-state index in [4.69, 9.17) is 10.5 Å². The number of quaternary nitrogens is 1. The third-order valence-corrected chi connectivity index (χ3v) is 5.28. The van der Waals surface area contributed by atoms with Crippen LogP contribution < -0.4 is 20.7 Å². The number of rotatable bonds is 7. The van der Waals surface area contributed by atoms with Gasteiger partial charge in [0.2, 0.25) is 5.91 Å². The maximum Gasteiger partial charge on any atom is 0.287 e. The van der Waals surface area contributed by atoms with Gasteiger partial charge in [-0.05, 0) is 19.1 Å². The lowest BCUT2D eigenvalue weighted by atomic mass is 9.93. The van der Waals surface area contributed by atoms with Gasteiger partial charge in [-0.25, -0.2) is 0 Å². The summed E-state index contributed by atoms with van der Waals surface area (Å²) in [5.41, 5.74) is 7.09. The molecule has 148 valence electrons. The smallest absolute Gasteiger partial charge is 0.287 e. The van der Waals surface area contributed by atoms with Crippen LogP contribution in [0.5, 0.6) is 5.75 Å². The van der Waals surface area contributed by atoms with E-state index < -0.39 is 0 Å². The number of nitrogens with two attached hydrogens (primary N) is 1. The number of para-hydroxylation sites is 2. The van der Waals surface area contributed by atoms with Crippen molar-refractivity contribution in [3.8, 4) is 5.75 Å². The summed E-state index contributed by atoms with van der Waals surface area (Å²) in [5, 5.41) is 3.05. The van der Waals surface area contributed by atoms with Crippen molar-refractivity contribution in [2.24, 2.45) is 11.7 Å². The summed E-state index contributed by atoms with van der Waals surface area (Å²) in [7, 11) is 0. The molecule has 1 heterocycles. The number of amides is 2. The molecule has 2 amide bonds. The molecule has 3 rings (SSSR count). The Morgan fingerprint density at radius 2 is 1.75 bits per heavy atom. The van der Waals surface area contributed by atoms with Crippen LogP contribution in [0.25, 0.3) is 0 Å². The van der Waals surface area contributed by atoms with Crippen molar-refractivity contribution in [1.82, 2.24) is 0 Å². The van der Waals surface area contributed by atoms with Gasteiger partial charge in [0.15, 0.2) is 6.04 Å². The van der Waals surface area contributed by atoms with Crippen LogP contribution in [-0.4, -0.2) is 31.5 Å². The van der Waals surface area contributed by atoms with E-state index in [2.05, 4.69) is 5.32 Å². The van der Waals surface area contributed by atoms with Gasteiger partial charge >= 0.3 is 0 Å². The van der Waals surface area contributed by atoms with Crippen LogP contribution in [0, 0.1) is 5.92 Å². The molecule has 6 nitrogen and oxygen atoms in total. The van der Waals surface area contributed by atoms with Gasteiger partial charge in [0.05, 0.1) is 25.4 Å². The average molecular weight is 382 g/mol. The summed E-state index contributed by atoms with van der Waals surface area (Å²) < 4.78 is 5.64. The number of likely N-dealkylation sites (tertiary alicyclic amines) is 1. The zero-order valence-corrected chi connectivity index (χ0v) is 16.2. The van der Waals surface area contributed by atoms with Gasteiger partial charge in [-0.1, -0.05) is 42.5 Å². The largest absolute Gasteiger partial charge is 0.492 e. The standard InChI is InChI=1S/C22H27N3O3/c1-2-28-19-11-7-6-10-18(19)24-22(27)20(16-8-4-3-5-9-16)25-14-12-17(13-15-25)21(23)26/h3-11,17,20H,2,12-15H2,1H3,(H2,23,26)(H,24,27)/p+1/t20-/m1/s1. The van der Waals surface area contributed by atoms with E-state index in [0.29, 0.717) is 30.9 Å². The summed E-state index contributed by atoms with van der Waals surface area (Å²) in [6.45, 7) is 3.90. The maximum absolute atomic E-state index is 13.3. The van der Waals surface area contributed by atoms with E-state index >= 15 is 0 Å². The minimum Gasteiger partial charge on any atom is -0.492 e. The Morgan fingerprint density at radius 3 is 2.39 bits per heavy atom. The van der Waals surface area contributed by atoms with Crippen molar-refractivity contribution in [2.45, 2.75) is 25.8 Å². The maximum atomic E-state index is 13.3. The molecule has 28 heavy (non-hydrogen) atoms. The van der Waals surface area contributed by atoms with Crippen LogP contribution >= 0.6 is 0 Å². The number of piperidine rings is 1. The predicted octanol–water partition coefficient (Wildman–Crippen LogP) is 1.55. The molecule has 6 heteroatoms. The number of benzene rings is 2. The van der Waals surface area contributed by atoms with Crippen LogP contribution in [-0.2, 0) is 9.59 Å². The first kappa shape index (κ1) is 19.9. The van der Waals surface area contributed by atoms with Crippen molar-refractivity contribution in [3.63, 3.8) is 0 Å². The molecule has 1 saturated heterocycles. The fourth-order valence-corrected chi connectivity index (χ4v) is 3.84. The zero-order chi connectivity index (χ0) is 19.9. The highest BCUT2D eigenvalue weighted by molar-refractivity contribution is 5.95. The number of hydrogen-bond donors (Lipinski definition) is 3. The van der Waals surface area contributed by atoms with Crippen molar-refractivity contribution in [2.75, 3.05) is 25.0 Å². The Kier molecular flexibility index (Phi) is 6.66. The van der Waals surface area contributed by atoms with E-state index in [1.54, 1.807) is 0 Å². The predicted molar refractivity (Wildman–Crippen MR) is 108 cm³/mol. The van der Waals surface area contributed by atoms with E-state index in [1.807, 2.05) is 61.5 Å². The average Bonchev–Trinajstić information content (AvgIpc) is 2.71. The fourth-order valence-electron chi connectivity index (χ4n) is 3.84. The molecule has 0 saturated carbocycles. The first-order chi connectivity index (χ1) is 13.6. The number of anilines is 1. The van der Waals surface area contributed by atoms with Crippen LogP contribution in [0.4, 0.5) is 5.69 Å². The Bertz CT molecular complexity index is 802. The van der Waals surface area contributed by atoms with Crippen molar-refractivity contribution in [3.05, 3.63) is 60.2 Å². The highest BCUT2D eigenvalue weighted by Crippen LogP contribution is 2.25. The van der Waals surface area contributed by atoms with Crippen molar-refractivity contribution in [1.29, 1.82) is 0 Å². The molecule has 2 aromatic rings. The van der Waals surface area contributed by atoms with Gasteiger partial charge < -0.3 is 20.7 Å². The Labute approximate surface area is 165 Å². The second kappa shape index (κ2) is 9.37.